The van der Waals surface area contributed by atoms with Gasteiger partial charge in [0.05, 0.1) is 19.3 Å². The van der Waals surface area contributed by atoms with Crippen molar-refractivity contribution in [2.24, 2.45) is 5.92 Å². The van der Waals surface area contributed by atoms with Crippen molar-refractivity contribution in [2.45, 2.75) is 44.9 Å². The molecule has 0 aromatic heterocycles. The van der Waals surface area contributed by atoms with Crippen LogP contribution in [0.25, 0.3) is 0 Å². The molecule has 2 aliphatic rings. The topological polar surface area (TPSA) is 21.3 Å². The van der Waals surface area contributed by atoms with Gasteiger partial charge in [-0.05, 0) is 30.4 Å². The molecule has 1 saturated carbocycles. The van der Waals surface area contributed by atoms with Gasteiger partial charge in [0.15, 0.2) is 0 Å². The van der Waals surface area contributed by atoms with Crippen molar-refractivity contribution in [3.05, 3.63) is 35.4 Å². The lowest BCUT2D eigenvalue weighted by molar-refractivity contribution is 0.0785. The number of hydrogen-bond donors (Lipinski definition) is 1. The van der Waals surface area contributed by atoms with Gasteiger partial charge in [-0.1, -0.05) is 37.1 Å². The number of fused-ring (bicyclic) bond motifs is 1. The SMILES string of the molecule is CC(CC1CC1)NC1COCc2ccccc21. The zero-order valence-electron chi connectivity index (χ0n) is 10.5. The zero-order chi connectivity index (χ0) is 11.7. The Morgan fingerprint density at radius 1 is 1.35 bits per heavy atom. The number of hydrogen-bond acceptors (Lipinski definition) is 2. The van der Waals surface area contributed by atoms with Gasteiger partial charge in [0.1, 0.15) is 0 Å². The summed E-state index contributed by atoms with van der Waals surface area (Å²) < 4.78 is 5.67. The zero-order valence-corrected chi connectivity index (χ0v) is 10.5. The highest BCUT2D eigenvalue weighted by Gasteiger charge is 2.26. The van der Waals surface area contributed by atoms with Crippen LogP contribution in [0, 0.1) is 5.92 Å². The highest BCUT2D eigenvalue weighted by atomic mass is 16.5. The van der Waals surface area contributed by atoms with E-state index in [1.165, 1.54) is 30.4 Å². The first kappa shape index (κ1) is 11.2. The van der Waals surface area contributed by atoms with E-state index < -0.39 is 0 Å². The summed E-state index contributed by atoms with van der Waals surface area (Å²) in [7, 11) is 0. The lowest BCUT2D eigenvalue weighted by Gasteiger charge is -2.29. The molecule has 2 atom stereocenters. The van der Waals surface area contributed by atoms with Crippen molar-refractivity contribution in [3.8, 4) is 0 Å². The van der Waals surface area contributed by atoms with E-state index in [-0.39, 0.29) is 0 Å². The van der Waals surface area contributed by atoms with Crippen LogP contribution in [-0.4, -0.2) is 12.6 Å². The molecule has 0 bridgehead atoms. The van der Waals surface area contributed by atoms with Crippen LogP contribution in [0.4, 0.5) is 0 Å². The molecular weight excluding hydrogens is 210 g/mol. The maximum atomic E-state index is 5.67. The largest absolute Gasteiger partial charge is 0.375 e. The van der Waals surface area contributed by atoms with Crippen molar-refractivity contribution in [2.75, 3.05) is 6.61 Å². The molecule has 2 unspecified atom stereocenters. The predicted molar refractivity (Wildman–Crippen MR) is 68.8 cm³/mol. The molecule has 3 rings (SSSR count). The van der Waals surface area contributed by atoms with Gasteiger partial charge in [-0.2, -0.15) is 0 Å². The van der Waals surface area contributed by atoms with Crippen LogP contribution in [0.1, 0.15) is 43.4 Å². The normalized spacial score (nSPS) is 25.4. The Balaban J connectivity index is 1.67. The van der Waals surface area contributed by atoms with E-state index in [0.29, 0.717) is 12.1 Å². The summed E-state index contributed by atoms with van der Waals surface area (Å²) >= 11 is 0. The first-order valence-electron chi connectivity index (χ1n) is 6.74. The van der Waals surface area contributed by atoms with Gasteiger partial charge in [-0.25, -0.2) is 0 Å². The Kier molecular flexibility index (Phi) is 3.17. The summed E-state index contributed by atoms with van der Waals surface area (Å²) in [6, 6.07) is 9.62. The van der Waals surface area contributed by atoms with Gasteiger partial charge < -0.3 is 10.1 Å². The third-order valence-electron chi connectivity index (χ3n) is 3.84. The molecule has 1 heterocycles. The second-order valence-electron chi connectivity index (χ2n) is 5.51. The first-order chi connectivity index (χ1) is 8.33. The van der Waals surface area contributed by atoms with Crippen LogP contribution in [0.15, 0.2) is 24.3 Å². The first-order valence-corrected chi connectivity index (χ1v) is 6.74. The minimum absolute atomic E-state index is 0.383. The smallest absolute Gasteiger partial charge is 0.0721 e. The van der Waals surface area contributed by atoms with Crippen LogP contribution < -0.4 is 5.32 Å². The molecule has 92 valence electrons. The predicted octanol–water partition coefficient (Wildman–Crippen LogP) is 3.04. The number of nitrogens with one attached hydrogen (secondary N) is 1. The molecule has 1 aromatic rings. The number of rotatable bonds is 4. The quantitative estimate of drug-likeness (QED) is 0.860. The van der Waals surface area contributed by atoms with Crippen molar-refractivity contribution in [1.82, 2.24) is 5.32 Å². The van der Waals surface area contributed by atoms with E-state index in [2.05, 4.69) is 36.5 Å². The molecule has 0 saturated heterocycles. The molecule has 17 heavy (non-hydrogen) atoms. The van der Waals surface area contributed by atoms with Crippen LogP contribution in [0.5, 0.6) is 0 Å². The minimum atomic E-state index is 0.383. The molecule has 0 radical (unpaired) electrons. The van der Waals surface area contributed by atoms with E-state index in [4.69, 9.17) is 4.74 Å². The van der Waals surface area contributed by atoms with Crippen LogP contribution in [-0.2, 0) is 11.3 Å². The monoisotopic (exact) mass is 231 g/mol. The fourth-order valence-electron chi connectivity index (χ4n) is 2.79. The molecule has 0 spiro atoms. The summed E-state index contributed by atoms with van der Waals surface area (Å²) in [6.07, 6.45) is 4.19. The van der Waals surface area contributed by atoms with Gasteiger partial charge >= 0.3 is 0 Å². The molecule has 1 N–H and O–H groups in total. The highest BCUT2D eigenvalue weighted by molar-refractivity contribution is 5.31. The molecule has 1 aliphatic heterocycles. The van der Waals surface area contributed by atoms with Crippen molar-refractivity contribution in [1.29, 1.82) is 0 Å². The molecule has 2 nitrogen and oxygen atoms in total. The van der Waals surface area contributed by atoms with Gasteiger partial charge in [0.25, 0.3) is 0 Å². The fourth-order valence-corrected chi connectivity index (χ4v) is 2.79. The van der Waals surface area contributed by atoms with E-state index in [1.807, 2.05) is 0 Å². The van der Waals surface area contributed by atoms with Crippen molar-refractivity contribution < 1.29 is 4.74 Å². The summed E-state index contributed by atoms with van der Waals surface area (Å²) in [5.74, 6) is 0.984. The Bertz CT molecular complexity index is 386. The second-order valence-corrected chi connectivity index (χ2v) is 5.51. The van der Waals surface area contributed by atoms with Gasteiger partial charge in [0.2, 0.25) is 0 Å². The standard InChI is InChI=1S/C15H21NO/c1-11(8-12-6-7-12)16-15-10-17-9-13-4-2-3-5-14(13)15/h2-5,11-12,15-16H,6-10H2,1H3. The number of benzene rings is 1. The van der Waals surface area contributed by atoms with E-state index >= 15 is 0 Å². The van der Waals surface area contributed by atoms with Crippen molar-refractivity contribution in [3.63, 3.8) is 0 Å². The van der Waals surface area contributed by atoms with Crippen molar-refractivity contribution >= 4 is 0 Å². The van der Waals surface area contributed by atoms with Gasteiger partial charge in [-0.3, -0.25) is 0 Å². The Morgan fingerprint density at radius 3 is 3.00 bits per heavy atom. The summed E-state index contributed by atoms with van der Waals surface area (Å²) in [5, 5.41) is 3.72. The van der Waals surface area contributed by atoms with E-state index in [9.17, 15) is 0 Å². The fraction of sp³-hybridized carbons (Fsp3) is 0.600. The molecule has 1 aliphatic carbocycles. The highest BCUT2D eigenvalue weighted by Crippen LogP contribution is 2.34. The molecule has 2 heteroatoms. The minimum Gasteiger partial charge on any atom is -0.375 e. The van der Waals surface area contributed by atoms with Crippen LogP contribution >= 0.6 is 0 Å². The van der Waals surface area contributed by atoms with Gasteiger partial charge in [0, 0.05) is 6.04 Å². The lowest BCUT2D eigenvalue weighted by Crippen LogP contribution is -2.36. The maximum Gasteiger partial charge on any atom is 0.0721 e. The number of ether oxygens (including phenoxy) is 1. The third-order valence-corrected chi connectivity index (χ3v) is 3.84. The molecular formula is C15H21NO. The second kappa shape index (κ2) is 4.79. The Hall–Kier alpha value is -0.860. The molecule has 1 aromatic carbocycles. The Morgan fingerprint density at radius 2 is 2.18 bits per heavy atom. The molecule has 0 amide bonds. The lowest BCUT2D eigenvalue weighted by atomic mass is 9.98. The van der Waals surface area contributed by atoms with Crippen LogP contribution in [0.3, 0.4) is 0 Å². The third kappa shape index (κ3) is 2.70. The summed E-state index contributed by atoms with van der Waals surface area (Å²) in [5.41, 5.74) is 2.77. The average Bonchev–Trinajstić information content (AvgIpc) is 3.13. The summed E-state index contributed by atoms with van der Waals surface area (Å²) in [6.45, 7) is 3.88. The summed E-state index contributed by atoms with van der Waals surface area (Å²) in [4.78, 5) is 0. The van der Waals surface area contributed by atoms with E-state index in [1.54, 1.807) is 0 Å². The Labute approximate surface area is 103 Å². The maximum absolute atomic E-state index is 5.67. The van der Waals surface area contributed by atoms with E-state index in [0.717, 1.165) is 19.1 Å². The van der Waals surface area contributed by atoms with Crippen LogP contribution in [0.2, 0.25) is 0 Å². The molecule has 1 fully saturated rings. The average molecular weight is 231 g/mol. The van der Waals surface area contributed by atoms with Gasteiger partial charge in [-0.15, -0.1) is 0 Å².